The molecule has 0 aliphatic carbocycles. The number of nitrogens with zero attached hydrogens (tertiary/aromatic N) is 3. The zero-order valence-electron chi connectivity index (χ0n) is 17.6. The van der Waals surface area contributed by atoms with E-state index < -0.39 is 23.2 Å². The van der Waals surface area contributed by atoms with Crippen molar-refractivity contribution in [2.45, 2.75) is 57.9 Å². The minimum Gasteiger partial charge on any atom is -0.479 e. The quantitative estimate of drug-likeness (QED) is 0.816. The fraction of sp³-hybridized carbons (Fsp3) is 0.571. The second-order valence-electron chi connectivity index (χ2n) is 8.73. The first-order chi connectivity index (χ1) is 13.5. The van der Waals surface area contributed by atoms with Crippen LogP contribution in [0.25, 0.3) is 0 Å². The number of carbonyl (C=O) groups is 2. The van der Waals surface area contributed by atoms with Crippen LogP contribution in [0.4, 0.5) is 4.79 Å². The Bertz CT molecular complexity index is 804. The minimum absolute atomic E-state index is 0.0641. The van der Waals surface area contributed by atoms with Gasteiger partial charge < -0.3 is 19.5 Å². The fourth-order valence-electron chi connectivity index (χ4n) is 3.59. The maximum absolute atomic E-state index is 12.6. The number of aliphatic imine (C=N–C) groups is 1. The molecule has 0 aromatic heterocycles. The number of aliphatic carboxylic acids is 1. The van der Waals surface area contributed by atoms with E-state index in [4.69, 9.17) is 9.47 Å². The molecule has 1 fully saturated rings. The summed E-state index contributed by atoms with van der Waals surface area (Å²) in [4.78, 5) is 32.4. The van der Waals surface area contributed by atoms with Crippen molar-refractivity contribution in [3.8, 4) is 0 Å². The van der Waals surface area contributed by atoms with Crippen molar-refractivity contribution < 1.29 is 24.2 Å². The average molecular weight is 403 g/mol. The smallest absolute Gasteiger partial charge is 0.411 e. The van der Waals surface area contributed by atoms with Crippen LogP contribution in [0, 0.1) is 0 Å². The first-order valence-electron chi connectivity index (χ1n) is 9.79. The fourth-order valence-corrected chi connectivity index (χ4v) is 3.59. The van der Waals surface area contributed by atoms with E-state index in [2.05, 4.69) is 4.99 Å². The summed E-state index contributed by atoms with van der Waals surface area (Å²) >= 11 is 0. The molecule has 1 aromatic rings. The predicted octanol–water partition coefficient (Wildman–Crippen LogP) is 2.90. The zero-order chi connectivity index (χ0) is 21.4. The van der Waals surface area contributed by atoms with Crippen LogP contribution < -0.4 is 0 Å². The normalized spacial score (nSPS) is 27.3. The van der Waals surface area contributed by atoms with Crippen molar-refractivity contribution in [3.05, 3.63) is 35.9 Å². The van der Waals surface area contributed by atoms with Crippen LogP contribution >= 0.6 is 0 Å². The standard InChI is InChI=1S/C21H29N3O5/c1-14-16(15-9-7-6-8-10-15)28-18(22-14)23-11-12-24(19(27)29-20(2,3)4)21(5,13-23)17(25)26/h6-10,14,16H,11-13H2,1-5H3,(H,25,26)/t14-,16+,21?/m0/s1. The van der Waals surface area contributed by atoms with Gasteiger partial charge in [0.05, 0.1) is 12.6 Å². The molecular formula is C21H29N3O5. The summed E-state index contributed by atoms with van der Waals surface area (Å²) in [7, 11) is 0. The molecule has 0 saturated carbocycles. The van der Waals surface area contributed by atoms with Gasteiger partial charge in [-0.05, 0) is 40.2 Å². The van der Waals surface area contributed by atoms with E-state index in [0.29, 0.717) is 12.6 Å². The van der Waals surface area contributed by atoms with Gasteiger partial charge in [-0.1, -0.05) is 30.3 Å². The molecule has 0 radical (unpaired) electrons. The lowest BCUT2D eigenvalue weighted by atomic mass is 9.97. The van der Waals surface area contributed by atoms with E-state index in [1.807, 2.05) is 37.3 Å². The highest BCUT2D eigenvalue weighted by molar-refractivity contribution is 5.86. The molecule has 3 atom stereocenters. The molecule has 2 aliphatic rings. The number of ether oxygens (including phenoxy) is 2. The van der Waals surface area contributed by atoms with E-state index >= 15 is 0 Å². The van der Waals surface area contributed by atoms with Crippen molar-refractivity contribution in [1.82, 2.24) is 9.80 Å². The van der Waals surface area contributed by atoms with E-state index in [1.54, 1.807) is 25.7 Å². The summed E-state index contributed by atoms with van der Waals surface area (Å²) in [6.45, 7) is 9.44. The maximum atomic E-state index is 12.6. The highest BCUT2D eigenvalue weighted by Gasteiger charge is 2.49. The molecule has 158 valence electrons. The largest absolute Gasteiger partial charge is 0.479 e. The van der Waals surface area contributed by atoms with Gasteiger partial charge in [0.2, 0.25) is 0 Å². The van der Waals surface area contributed by atoms with E-state index in [1.165, 1.54) is 11.8 Å². The topological polar surface area (TPSA) is 91.7 Å². The van der Waals surface area contributed by atoms with Crippen LogP contribution in [0.15, 0.2) is 35.3 Å². The van der Waals surface area contributed by atoms with Crippen LogP contribution in [0.3, 0.4) is 0 Å². The van der Waals surface area contributed by atoms with Crippen LogP contribution in [0.1, 0.15) is 46.3 Å². The molecule has 1 unspecified atom stereocenters. The number of amides is 1. The van der Waals surface area contributed by atoms with Crippen molar-refractivity contribution >= 4 is 18.1 Å². The molecule has 1 aromatic carbocycles. The monoisotopic (exact) mass is 403 g/mol. The summed E-state index contributed by atoms with van der Waals surface area (Å²) < 4.78 is 11.5. The molecule has 2 heterocycles. The van der Waals surface area contributed by atoms with Crippen LogP contribution in [-0.4, -0.2) is 69.8 Å². The number of benzene rings is 1. The third kappa shape index (κ3) is 4.31. The van der Waals surface area contributed by atoms with Gasteiger partial charge >= 0.3 is 12.1 Å². The lowest BCUT2D eigenvalue weighted by Gasteiger charge is -2.46. The van der Waals surface area contributed by atoms with Crippen molar-refractivity contribution in [3.63, 3.8) is 0 Å². The maximum Gasteiger partial charge on any atom is 0.411 e. The first-order valence-corrected chi connectivity index (χ1v) is 9.79. The van der Waals surface area contributed by atoms with Gasteiger partial charge in [-0.3, -0.25) is 4.90 Å². The van der Waals surface area contributed by atoms with Gasteiger partial charge in [-0.2, -0.15) is 0 Å². The highest BCUT2D eigenvalue weighted by Crippen LogP contribution is 2.32. The molecule has 0 bridgehead atoms. The molecule has 8 heteroatoms. The highest BCUT2D eigenvalue weighted by atomic mass is 16.6. The molecule has 0 spiro atoms. The SMILES string of the molecule is C[C@@H]1N=C(N2CCN(C(=O)OC(C)(C)C)C(C)(C(=O)O)C2)O[C@H]1c1ccccc1. The molecule has 2 aliphatic heterocycles. The predicted molar refractivity (Wildman–Crippen MR) is 108 cm³/mol. The number of carbonyl (C=O) groups excluding carboxylic acids is 1. The summed E-state index contributed by atoms with van der Waals surface area (Å²) in [6, 6.07) is 10.1. The first kappa shape index (κ1) is 21.0. The Morgan fingerprint density at radius 1 is 1.24 bits per heavy atom. The Morgan fingerprint density at radius 2 is 1.90 bits per heavy atom. The summed E-state index contributed by atoms with van der Waals surface area (Å²) in [5.41, 5.74) is -1.14. The van der Waals surface area contributed by atoms with Gasteiger partial charge in [-0.25, -0.2) is 14.6 Å². The second kappa shape index (κ2) is 7.57. The lowest BCUT2D eigenvalue weighted by Crippen LogP contribution is -2.67. The van der Waals surface area contributed by atoms with Crippen LogP contribution in [0.2, 0.25) is 0 Å². The van der Waals surface area contributed by atoms with Crippen molar-refractivity contribution in [1.29, 1.82) is 0 Å². The zero-order valence-corrected chi connectivity index (χ0v) is 17.6. The Kier molecular flexibility index (Phi) is 5.47. The second-order valence-corrected chi connectivity index (χ2v) is 8.73. The third-order valence-electron chi connectivity index (χ3n) is 5.15. The van der Waals surface area contributed by atoms with Crippen molar-refractivity contribution in [2.75, 3.05) is 19.6 Å². The number of amidine groups is 1. The summed E-state index contributed by atoms with van der Waals surface area (Å²) in [6.07, 6.45) is -0.849. The molecule has 1 amide bonds. The molecular weight excluding hydrogens is 374 g/mol. The Hall–Kier alpha value is -2.77. The van der Waals surface area contributed by atoms with Gasteiger partial charge in [0.1, 0.15) is 11.7 Å². The molecule has 1 saturated heterocycles. The van der Waals surface area contributed by atoms with Gasteiger partial charge in [-0.15, -0.1) is 0 Å². The Balaban J connectivity index is 1.76. The average Bonchev–Trinajstić information content (AvgIpc) is 3.02. The number of carboxylic acids is 1. The van der Waals surface area contributed by atoms with Gasteiger partial charge in [0.25, 0.3) is 6.02 Å². The lowest BCUT2D eigenvalue weighted by molar-refractivity contribution is -0.153. The molecule has 29 heavy (non-hydrogen) atoms. The number of carboxylic acid groups (broad SMARTS) is 1. The Morgan fingerprint density at radius 3 is 2.48 bits per heavy atom. The Labute approximate surface area is 171 Å². The van der Waals surface area contributed by atoms with E-state index in [0.717, 1.165) is 5.56 Å². The number of hydrogen-bond donors (Lipinski definition) is 1. The number of hydrogen-bond acceptors (Lipinski definition) is 6. The number of rotatable bonds is 2. The van der Waals surface area contributed by atoms with E-state index in [9.17, 15) is 14.7 Å². The molecule has 1 N–H and O–H groups in total. The molecule has 3 rings (SSSR count). The summed E-state index contributed by atoms with van der Waals surface area (Å²) in [5.74, 6) is -1.10. The number of piperazine rings is 1. The molecule has 8 nitrogen and oxygen atoms in total. The van der Waals surface area contributed by atoms with E-state index in [-0.39, 0.29) is 25.2 Å². The van der Waals surface area contributed by atoms with Crippen LogP contribution in [-0.2, 0) is 14.3 Å². The third-order valence-corrected chi connectivity index (χ3v) is 5.15. The van der Waals surface area contributed by atoms with Crippen molar-refractivity contribution in [2.24, 2.45) is 4.99 Å². The summed E-state index contributed by atoms with van der Waals surface area (Å²) in [5, 5.41) is 9.90. The van der Waals surface area contributed by atoms with Gasteiger partial charge in [0, 0.05) is 13.1 Å². The van der Waals surface area contributed by atoms with Gasteiger partial charge in [0.15, 0.2) is 5.54 Å². The van der Waals surface area contributed by atoms with Crippen LogP contribution in [0.5, 0.6) is 0 Å². The minimum atomic E-state index is -1.46.